The lowest BCUT2D eigenvalue weighted by Gasteiger charge is -2.35. The Morgan fingerprint density at radius 2 is 1.68 bits per heavy atom. The minimum Gasteiger partial charge on any atom is -0.398 e. The van der Waals surface area contributed by atoms with Crippen LogP contribution in [0, 0.1) is 17.7 Å². The van der Waals surface area contributed by atoms with E-state index in [4.69, 9.17) is 0 Å². The van der Waals surface area contributed by atoms with Crippen molar-refractivity contribution < 1.29 is 0 Å². The molecule has 0 aromatic heterocycles. The highest BCUT2D eigenvalue weighted by atomic mass is 15.2. The highest BCUT2D eigenvalue weighted by molar-refractivity contribution is 6.75. The lowest BCUT2D eigenvalue weighted by molar-refractivity contribution is 0.430. The van der Waals surface area contributed by atoms with Crippen molar-refractivity contribution >= 4 is 29.1 Å². The van der Waals surface area contributed by atoms with E-state index in [1.54, 1.807) is 0 Å². The minimum absolute atomic E-state index is 0.00244. The van der Waals surface area contributed by atoms with Gasteiger partial charge in [-0.2, -0.15) is 0 Å². The van der Waals surface area contributed by atoms with Gasteiger partial charge in [0, 0.05) is 29.2 Å². The average Bonchev–Trinajstić information content (AvgIpc) is 2.76. The lowest BCUT2D eigenvalue weighted by atomic mass is 9.70. The number of rotatable bonds is 2. The summed E-state index contributed by atoms with van der Waals surface area (Å²) in [7, 11) is 0. The molecule has 0 atom stereocenters. The summed E-state index contributed by atoms with van der Waals surface area (Å²) in [5.41, 5.74) is 3.78. The fraction of sp³-hybridized carbons (Fsp3) is 0.280. The molecule has 1 fully saturated rings. The Hall–Kier alpha value is -2.86. The lowest BCUT2D eigenvalue weighted by Crippen LogP contribution is -2.47. The van der Waals surface area contributed by atoms with Gasteiger partial charge in [-0.05, 0) is 35.9 Å². The van der Waals surface area contributed by atoms with Gasteiger partial charge >= 0.3 is 6.98 Å². The quantitative estimate of drug-likeness (QED) is 0.451. The fourth-order valence-corrected chi connectivity index (χ4v) is 4.56. The van der Waals surface area contributed by atoms with Crippen molar-refractivity contribution in [1.29, 1.82) is 0 Å². The van der Waals surface area contributed by atoms with Gasteiger partial charge in [-0.15, -0.1) is 5.92 Å². The van der Waals surface area contributed by atoms with Gasteiger partial charge in [-0.25, -0.2) is 0 Å². The van der Waals surface area contributed by atoms with E-state index < -0.39 is 0 Å². The molecular formula is C25H25BN2. The molecule has 1 aliphatic carbocycles. The van der Waals surface area contributed by atoms with Crippen LogP contribution in [0.3, 0.4) is 0 Å². The SMILES string of the molecule is C(#CC1CCCCC1)B1Nc2cccc3cccc(c23)N1Cc1ccccc1. The summed E-state index contributed by atoms with van der Waals surface area (Å²) < 4.78 is 0. The van der Waals surface area contributed by atoms with Crippen LogP contribution >= 0.6 is 0 Å². The summed E-state index contributed by atoms with van der Waals surface area (Å²) in [5.74, 6) is 7.78. The Bertz CT molecular complexity index is 1020. The first-order chi connectivity index (χ1) is 13.9. The third-order valence-corrected chi connectivity index (χ3v) is 6.02. The molecule has 1 aliphatic heterocycles. The van der Waals surface area contributed by atoms with E-state index in [9.17, 15) is 0 Å². The van der Waals surface area contributed by atoms with Gasteiger partial charge in [-0.3, -0.25) is 0 Å². The summed E-state index contributed by atoms with van der Waals surface area (Å²) >= 11 is 0. The van der Waals surface area contributed by atoms with E-state index >= 15 is 0 Å². The number of hydrogen-bond donors (Lipinski definition) is 1. The highest BCUT2D eigenvalue weighted by Crippen LogP contribution is 2.38. The first-order valence-corrected chi connectivity index (χ1v) is 10.5. The molecule has 0 bridgehead atoms. The van der Waals surface area contributed by atoms with Crippen LogP contribution in [0.4, 0.5) is 11.4 Å². The third-order valence-electron chi connectivity index (χ3n) is 6.02. The van der Waals surface area contributed by atoms with E-state index in [1.807, 2.05) is 0 Å². The van der Waals surface area contributed by atoms with E-state index in [-0.39, 0.29) is 6.98 Å². The second kappa shape index (κ2) is 7.64. The molecule has 2 aliphatic rings. The summed E-state index contributed by atoms with van der Waals surface area (Å²) in [6, 6.07) is 23.8. The molecule has 1 N–H and O–H groups in total. The second-order valence-corrected chi connectivity index (χ2v) is 7.96. The van der Waals surface area contributed by atoms with Crippen molar-refractivity contribution in [2.45, 2.75) is 38.6 Å². The molecule has 28 heavy (non-hydrogen) atoms. The Morgan fingerprint density at radius 1 is 0.893 bits per heavy atom. The maximum absolute atomic E-state index is 3.72. The summed E-state index contributed by atoms with van der Waals surface area (Å²) in [5, 5.41) is 6.30. The van der Waals surface area contributed by atoms with Crippen LogP contribution in [0.5, 0.6) is 0 Å². The maximum atomic E-state index is 3.72. The van der Waals surface area contributed by atoms with Gasteiger partial charge in [0.25, 0.3) is 0 Å². The third kappa shape index (κ3) is 3.36. The molecule has 0 amide bonds. The zero-order valence-corrected chi connectivity index (χ0v) is 16.2. The van der Waals surface area contributed by atoms with Crippen LogP contribution in [0.15, 0.2) is 66.7 Å². The molecule has 0 radical (unpaired) electrons. The van der Waals surface area contributed by atoms with Gasteiger partial charge in [0.1, 0.15) is 0 Å². The van der Waals surface area contributed by atoms with Crippen molar-refractivity contribution in [1.82, 2.24) is 0 Å². The zero-order chi connectivity index (χ0) is 18.8. The normalized spacial score (nSPS) is 16.4. The number of nitrogens with one attached hydrogen (secondary N) is 1. The largest absolute Gasteiger partial charge is 0.463 e. The molecule has 138 valence electrons. The van der Waals surface area contributed by atoms with Crippen LogP contribution in [-0.4, -0.2) is 6.98 Å². The fourth-order valence-electron chi connectivity index (χ4n) is 4.56. The molecule has 0 spiro atoms. The second-order valence-electron chi connectivity index (χ2n) is 7.96. The summed E-state index contributed by atoms with van der Waals surface area (Å²) in [4.78, 5) is 2.43. The van der Waals surface area contributed by atoms with Crippen molar-refractivity contribution in [2.75, 3.05) is 10.0 Å². The van der Waals surface area contributed by atoms with Gasteiger partial charge in [0.05, 0.1) is 0 Å². The predicted octanol–water partition coefficient (Wildman–Crippen LogP) is 5.88. The first-order valence-electron chi connectivity index (χ1n) is 10.5. The number of benzene rings is 3. The Labute approximate surface area is 168 Å². The number of anilines is 2. The topological polar surface area (TPSA) is 15.3 Å². The molecule has 0 saturated heterocycles. The number of hydrogen-bond acceptors (Lipinski definition) is 2. The van der Waals surface area contributed by atoms with Crippen LogP contribution in [0.25, 0.3) is 10.8 Å². The molecule has 2 nitrogen and oxygen atoms in total. The van der Waals surface area contributed by atoms with Crippen LogP contribution < -0.4 is 10.0 Å². The predicted molar refractivity (Wildman–Crippen MR) is 120 cm³/mol. The average molecular weight is 364 g/mol. The van der Waals surface area contributed by atoms with Crippen LogP contribution in [0.1, 0.15) is 37.7 Å². The standard InChI is InChI=1S/C25H25BN2/c1-3-9-20(10-4-1)17-18-26-27-23-15-7-13-22-14-8-16-24(25(22)23)28(26)19-21-11-5-2-6-12-21/h2,5-8,11-16,20,27H,1,3-4,9-10,19H2. The summed E-state index contributed by atoms with van der Waals surface area (Å²) in [6.07, 6.45) is 6.53. The Kier molecular flexibility index (Phi) is 4.71. The molecule has 3 heteroatoms. The van der Waals surface area contributed by atoms with Gasteiger partial charge in [0.15, 0.2) is 0 Å². The van der Waals surface area contributed by atoms with Crippen molar-refractivity contribution in [3.05, 3.63) is 72.3 Å². The van der Waals surface area contributed by atoms with Crippen molar-refractivity contribution in [3.63, 3.8) is 0 Å². The molecule has 3 aromatic carbocycles. The minimum atomic E-state index is 0.00244. The molecule has 1 heterocycles. The van der Waals surface area contributed by atoms with E-state index in [0.29, 0.717) is 5.92 Å². The smallest absolute Gasteiger partial charge is 0.398 e. The molecule has 1 saturated carbocycles. The van der Waals surface area contributed by atoms with E-state index in [1.165, 1.54) is 59.8 Å². The molecule has 3 aromatic rings. The van der Waals surface area contributed by atoms with Crippen LogP contribution in [0.2, 0.25) is 0 Å². The van der Waals surface area contributed by atoms with Crippen LogP contribution in [-0.2, 0) is 6.54 Å². The van der Waals surface area contributed by atoms with Gasteiger partial charge in [-0.1, -0.05) is 79.7 Å². The molecule has 0 unspecified atom stereocenters. The maximum Gasteiger partial charge on any atom is 0.463 e. The molecule has 5 rings (SSSR count). The van der Waals surface area contributed by atoms with Crippen molar-refractivity contribution in [2.24, 2.45) is 5.92 Å². The monoisotopic (exact) mass is 364 g/mol. The Morgan fingerprint density at radius 3 is 2.50 bits per heavy atom. The van der Waals surface area contributed by atoms with Crippen molar-refractivity contribution in [3.8, 4) is 11.7 Å². The highest BCUT2D eigenvalue weighted by Gasteiger charge is 2.30. The van der Waals surface area contributed by atoms with E-state index in [0.717, 1.165) is 6.54 Å². The molecular weight excluding hydrogens is 339 g/mol. The first kappa shape index (κ1) is 17.3. The van der Waals surface area contributed by atoms with Gasteiger partial charge in [0.2, 0.25) is 0 Å². The summed E-state index contributed by atoms with van der Waals surface area (Å²) in [6.45, 7) is 0.855. The zero-order valence-electron chi connectivity index (χ0n) is 16.2. The van der Waals surface area contributed by atoms with E-state index in [2.05, 4.69) is 88.5 Å². The number of nitrogens with zero attached hydrogens (tertiary/aromatic N) is 1. The van der Waals surface area contributed by atoms with Gasteiger partial charge < -0.3 is 10.0 Å². The Balaban J connectivity index is 1.55.